The normalized spacial score (nSPS) is 12.7. The maximum Gasteiger partial charge on any atom is 0.416 e. The van der Waals surface area contributed by atoms with E-state index in [-0.39, 0.29) is 6.61 Å². The minimum atomic E-state index is -4.41. The van der Waals surface area contributed by atoms with Gasteiger partial charge in [0.15, 0.2) is 0 Å². The molecule has 1 heterocycles. The Morgan fingerprint density at radius 3 is 2.00 bits per heavy atom. The number of hydrogen-bond acceptors (Lipinski definition) is 2. The van der Waals surface area contributed by atoms with E-state index < -0.39 is 11.7 Å². The van der Waals surface area contributed by atoms with Gasteiger partial charge in [0.1, 0.15) is 0 Å². The SMILES string of the molecule is Cn1c(=Nc2ccc(C(F)(F)F)cc2)n(Cc2ccc(CO)cc2)c2cc(Cl)c(Cl)cc21. The smallest absolute Gasteiger partial charge is 0.392 e. The number of nitrogens with zero attached hydrogens (tertiary/aromatic N) is 3. The largest absolute Gasteiger partial charge is 0.416 e. The summed E-state index contributed by atoms with van der Waals surface area (Å²) in [6.07, 6.45) is -4.41. The first-order chi connectivity index (χ1) is 15.2. The van der Waals surface area contributed by atoms with Crippen molar-refractivity contribution in [2.45, 2.75) is 19.3 Å². The van der Waals surface area contributed by atoms with Crippen molar-refractivity contribution in [3.05, 3.63) is 93.0 Å². The van der Waals surface area contributed by atoms with E-state index in [0.717, 1.165) is 34.3 Å². The topological polar surface area (TPSA) is 42.5 Å². The molecule has 1 aromatic heterocycles. The standard InChI is InChI=1S/C23H18Cl2F3N3O/c1-30-20-10-18(24)19(25)11-21(20)31(12-14-2-4-15(13-32)5-3-14)22(30)29-17-8-6-16(7-9-17)23(26,27)28/h2-11,32H,12-13H2,1H3. The number of benzene rings is 3. The highest BCUT2D eigenvalue weighted by Crippen LogP contribution is 2.31. The zero-order valence-corrected chi connectivity index (χ0v) is 18.4. The first kappa shape index (κ1) is 22.5. The van der Waals surface area contributed by atoms with Crippen molar-refractivity contribution in [2.24, 2.45) is 12.0 Å². The molecule has 3 aromatic carbocycles. The molecule has 0 unspecified atom stereocenters. The van der Waals surface area contributed by atoms with Crippen LogP contribution in [0.15, 0.2) is 65.7 Å². The maximum absolute atomic E-state index is 12.9. The molecule has 0 radical (unpaired) electrons. The number of hydrogen-bond donors (Lipinski definition) is 1. The molecule has 0 amide bonds. The molecule has 0 atom stereocenters. The van der Waals surface area contributed by atoms with Crippen molar-refractivity contribution in [3.8, 4) is 0 Å². The molecule has 0 saturated heterocycles. The second-order valence-corrected chi connectivity index (χ2v) is 8.15. The van der Waals surface area contributed by atoms with Gasteiger partial charge < -0.3 is 14.2 Å². The Morgan fingerprint density at radius 1 is 0.875 bits per heavy atom. The number of aryl methyl sites for hydroxylation is 1. The van der Waals surface area contributed by atoms with E-state index in [2.05, 4.69) is 4.99 Å². The molecule has 0 aliphatic carbocycles. The quantitative estimate of drug-likeness (QED) is 0.378. The Hall–Kier alpha value is -2.74. The molecule has 0 saturated carbocycles. The lowest BCUT2D eigenvalue weighted by atomic mass is 10.1. The van der Waals surface area contributed by atoms with E-state index in [1.54, 1.807) is 19.2 Å². The number of fused-ring (bicyclic) bond motifs is 1. The van der Waals surface area contributed by atoms with Crippen molar-refractivity contribution in [2.75, 3.05) is 0 Å². The Kier molecular flexibility index (Phi) is 6.07. The Balaban J connectivity index is 1.89. The van der Waals surface area contributed by atoms with Crippen LogP contribution in [-0.2, 0) is 26.4 Å². The molecule has 4 aromatic rings. The number of rotatable bonds is 4. The molecule has 0 aliphatic rings. The summed E-state index contributed by atoms with van der Waals surface area (Å²) in [6.45, 7) is 0.380. The summed E-state index contributed by atoms with van der Waals surface area (Å²) in [4.78, 5) is 4.62. The lowest BCUT2D eigenvalue weighted by molar-refractivity contribution is -0.137. The van der Waals surface area contributed by atoms with Gasteiger partial charge in [-0.3, -0.25) is 0 Å². The number of imidazole rings is 1. The average Bonchev–Trinajstić information content (AvgIpc) is 2.99. The summed E-state index contributed by atoms with van der Waals surface area (Å²) in [5, 5.41) is 10.0. The molecule has 166 valence electrons. The van der Waals surface area contributed by atoms with Gasteiger partial charge in [0.05, 0.1) is 45.5 Å². The molecule has 0 spiro atoms. The number of aliphatic hydroxyl groups excluding tert-OH is 1. The second kappa shape index (κ2) is 8.65. The number of alkyl halides is 3. The third kappa shape index (κ3) is 4.41. The fourth-order valence-corrected chi connectivity index (χ4v) is 3.79. The molecule has 0 bridgehead atoms. The van der Waals surface area contributed by atoms with Crippen LogP contribution in [0.1, 0.15) is 16.7 Å². The molecule has 4 rings (SSSR count). The van der Waals surface area contributed by atoms with Gasteiger partial charge in [-0.15, -0.1) is 0 Å². The van der Waals surface area contributed by atoms with Gasteiger partial charge >= 0.3 is 6.18 Å². The fraction of sp³-hybridized carbons (Fsp3) is 0.174. The summed E-state index contributed by atoms with van der Waals surface area (Å²) in [5.41, 5.74) is 3.46. The molecular weight excluding hydrogens is 462 g/mol. The minimum Gasteiger partial charge on any atom is -0.392 e. The molecule has 0 aliphatic heterocycles. The Labute approximate surface area is 191 Å². The zero-order valence-electron chi connectivity index (χ0n) is 16.9. The first-order valence-electron chi connectivity index (χ1n) is 9.62. The molecule has 4 nitrogen and oxygen atoms in total. The Morgan fingerprint density at radius 2 is 1.44 bits per heavy atom. The van der Waals surface area contributed by atoms with E-state index in [1.807, 2.05) is 33.4 Å². The van der Waals surface area contributed by atoms with Gasteiger partial charge in [-0.05, 0) is 47.5 Å². The maximum atomic E-state index is 12.9. The number of aromatic nitrogens is 2. The van der Waals surface area contributed by atoms with Crippen molar-refractivity contribution >= 4 is 39.9 Å². The highest BCUT2D eigenvalue weighted by Gasteiger charge is 2.29. The Bertz CT molecular complexity index is 1340. The van der Waals surface area contributed by atoms with E-state index in [1.165, 1.54) is 12.1 Å². The molecular formula is C23H18Cl2F3N3O. The van der Waals surface area contributed by atoms with E-state index in [0.29, 0.717) is 27.9 Å². The minimum absolute atomic E-state index is 0.0513. The predicted molar refractivity (Wildman–Crippen MR) is 119 cm³/mol. The van der Waals surface area contributed by atoms with E-state index >= 15 is 0 Å². The highest BCUT2D eigenvalue weighted by molar-refractivity contribution is 6.42. The lowest BCUT2D eigenvalue weighted by Gasteiger charge is -2.08. The van der Waals surface area contributed by atoms with Crippen LogP contribution in [0.3, 0.4) is 0 Å². The summed E-state index contributed by atoms with van der Waals surface area (Å²) in [7, 11) is 1.81. The van der Waals surface area contributed by atoms with Crippen LogP contribution in [0.5, 0.6) is 0 Å². The van der Waals surface area contributed by atoms with Gasteiger partial charge in [0, 0.05) is 7.05 Å². The van der Waals surface area contributed by atoms with Crippen molar-refractivity contribution in [1.82, 2.24) is 9.13 Å². The van der Waals surface area contributed by atoms with Crippen LogP contribution in [0.4, 0.5) is 18.9 Å². The molecule has 0 fully saturated rings. The van der Waals surface area contributed by atoms with Crippen molar-refractivity contribution in [3.63, 3.8) is 0 Å². The number of aliphatic hydroxyl groups is 1. The molecule has 32 heavy (non-hydrogen) atoms. The molecule has 9 heteroatoms. The second-order valence-electron chi connectivity index (χ2n) is 7.33. The van der Waals surface area contributed by atoms with Gasteiger partial charge in [0.25, 0.3) is 0 Å². The predicted octanol–water partition coefficient (Wildman–Crippen LogP) is 6.08. The monoisotopic (exact) mass is 479 g/mol. The average molecular weight is 480 g/mol. The first-order valence-corrected chi connectivity index (χ1v) is 10.4. The number of halogens is 5. The van der Waals surface area contributed by atoms with Gasteiger partial charge in [-0.1, -0.05) is 47.5 Å². The van der Waals surface area contributed by atoms with Crippen molar-refractivity contribution < 1.29 is 18.3 Å². The van der Waals surface area contributed by atoms with Gasteiger partial charge in [0.2, 0.25) is 5.62 Å². The van der Waals surface area contributed by atoms with Crippen LogP contribution in [0.25, 0.3) is 11.0 Å². The molecule has 1 N–H and O–H groups in total. The summed E-state index contributed by atoms with van der Waals surface area (Å²) >= 11 is 12.5. The van der Waals surface area contributed by atoms with Crippen LogP contribution >= 0.6 is 23.2 Å². The highest BCUT2D eigenvalue weighted by atomic mass is 35.5. The van der Waals surface area contributed by atoms with E-state index in [9.17, 15) is 18.3 Å². The van der Waals surface area contributed by atoms with Crippen molar-refractivity contribution in [1.29, 1.82) is 0 Å². The van der Waals surface area contributed by atoms with Gasteiger partial charge in [-0.2, -0.15) is 13.2 Å². The van der Waals surface area contributed by atoms with E-state index in [4.69, 9.17) is 23.2 Å². The van der Waals surface area contributed by atoms with Crippen LogP contribution < -0.4 is 5.62 Å². The van der Waals surface area contributed by atoms with Gasteiger partial charge in [-0.25, -0.2) is 4.99 Å². The zero-order chi connectivity index (χ0) is 23.0. The van der Waals surface area contributed by atoms with Crippen LogP contribution in [-0.4, -0.2) is 14.2 Å². The third-order valence-electron chi connectivity index (χ3n) is 5.18. The lowest BCUT2D eigenvalue weighted by Crippen LogP contribution is -2.24. The fourth-order valence-electron chi connectivity index (χ4n) is 3.47. The van der Waals surface area contributed by atoms with Crippen LogP contribution in [0.2, 0.25) is 10.0 Å². The summed E-state index contributed by atoms with van der Waals surface area (Å²) < 4.78 is 42.5. The third-order valence-corrected chi connectivity index (χ3v) is 5.90. The summed E-state index contributed by atoms with van der Waals surface area (Å²) in [5.74, 6) is 0. The summed E-state index contributed by atoms with van der Waals surface area (Å²) in [6, 6.07) is 15.6. The van der Waals surface area contributed by atoms with Crippen LogP contribution in [0, 0.1) is 0 Å².